The van der Waals surface area contributed by atoms with Crippen LogP contribution in [0.2, 0.25) is 0 Å². The number of hydrogen-bond acceptors (Lipinski definition) is 4. The second kappa shape index (κ2) is 6.45. The molecule has 0 radical (unpaired) electrons. The smallest absolute Gasteiger partial charge is 0.321 e. The highest BCUT2D eigenvalue weighted by Crippen LogP contribution is 2.17. The highest BCUT2D eigenvalue weighted by atomic mass is 32.2. The Kier molecular flexibility index (Phi) is 5.19. The van der Waals surface area contributed by atoms with Gasteiger partial charge in [-0.25, -0.2) is 12.8 Å². The number of benzene rings is 1. The first-order valence-electron chi connectivity index (χ1n) is 5.76. The summed E-state index contributed by atoms with van der Waals surface area (Å²) in [5, 5.41) is 17.8. The highest BCUT2D eigenvalue weighted by molar-refractivity contribution is 7.89. The maximum Gasteiger partial charge on any atom is 0.321 e. The minimum absolute atomic E-state index is 0.109. The summed E-state index contributed by atoms with van der Waals surface area (Å²) in [7, 11) is -4.21. The zero-order valence-electron chi connectivity index (χ0n) is 10.6. The summed E-state index contributed by atoms with van der Waals surface area (Å²) < 4.78 is 39.1. The quantitative estimate of drug-likeness (QED) is 0.821. The van der Waals surface area contributed by atoms with Crippen LogP contribution in [0.1, 0.15) is 25.3 Å². The van der Waals surface area contributed by atoms with Gasteiger partial charge in [0.25, 0.3) is 0 Å². The van der Waals surface area contributed by atoms with Crippen molar-refractivity contribution < 1.29 is 22.7 Å². The Morgan fingerprint density at radius 1 is 1.55 bits per heavy atom. The van der Waals surface area contributed by atoms with Gasteiger partial charge in [0, 0.05) is 0 Å². The third-order valence-electron chi connectivity index (χ3n) is 2.52. The van der Waals surface area contributed by atoms with Crippen LogP contribution in [0.15, 0.2) is 23.1 Å². The molecule has 1 aromatic rings. The van der Waals surface area contributed by atoms with Crippen LogP contribution in [0.4, 0.5) is 4.39 Å². The van der Waals surface area contributed by atoms with E-state index in [9.17, 15) is 17.6 Å². The zero-order valence-corrected chi connectivity index (χ0v) is 11.4. The molecule has 0 bridgehead atoms. The van der Waals surface area contributed by atoms with Crippen molar-refractivity contribution in [3.05, 3.63) is 29.6 Å². The van der Waals surface area contributed by atoms with Crippen LogP contribution < -0.4 is 4.72 Å². The van der Waals surface area contributed by atoms with Crippen molar-refractivity contribution in [2.24, 2.45) is 0 Å². The third-order valence-corrected chi connectivity index (χ3v) is 4.05. The van der Waals surface area contributed by atoms with Gasteiger partial charge in [0.05, 0.1) is 10.5 Å². The minimum Gasteiger partial charge on any atom is -0.480 e. The molecule has 0 amide bonds. The predicted molar refractivity (Wildman–Crippen MR) is 67.8 cm³/mol. The third kappa shape index (κ3) is 3.76. The summed E-state index contributed by atoms with van der Waals surface area (Å²) in [6.07, 6.45) is 0.575. The first kappa shape index (κ1) is 16.1. The number of sulfonamides is 1. The summed E-state index contributed by atoms with van der Waals surface area (Å²) in [4.78, 5) is 10.5. The zero-order chi connectivity index (χ0) is 15.3. The van der Waals surface area contributed by atoms with Gasteiger partial charge in [-0.15, -0.1) is 0 Å². The fraction of sp³-hybridized carbons (Fsp3) is 0.333. The van der Waals surface area contributed by atoms with E-state index in [0.717, 1.165) is 18.2 Å². The summed E-state index contributed by atoms with van der Waals surface area (Å²) in [6, 6.07) is 2.89. The van der Waals surface area contributed by atoms with E-state index in [4.69, 9.17) is 10.4 Å². The summed E-state index contributed by atoms with van der Waals surface area (Å²) in [5.74, 6) is -2.06. The molecule has 0 saturated heterocycles. The molecule has 1 rings (SSSR count). The molecule has 1 aromatic carbocycles. The Bertz CT molecular complexity index is 652. The second-order valence-electron chi connectivity index (χ2n) is 4.05. The Morgan fingerprint density at radius 2 is 2.20 bits per heavy atom. The Hall–Kier alpha value is -1.98. The molecule has 2 N–H and O–H groups in total. The van der Waals surface area contributed by atoms with E-state index in [-0.39, 0.29) is 12.0 Å². The SMILES string of the molecule is CCCC(NS(=O)(=O)c1ccc(F)cc1C#N)C(=O)O. The number of aliphatic carboxylic acids is 1. The fourth-order valence-electron chi connectivity index (χ4n) is 1.60. The van der Waals surface area contributed by atoms with E-state index in [0.29, 0.717) is 6.42 Å². The average Bonchev–Trinajstić information content (AvgIpc) is 2.37. The predicted octanol–water partition coefficient (Wildman–Crippen LogP) is 1.23. The van der Waals surface area contributed by atoms with Gasteiger partial charge in [0.15, 0.2) is 0 Å². The van der Waals surface area contributed by atoms with Gasteiger partial charge in [0.2, 0.25) is 10.0 Å². The lowest BCUT2D eigenvalue weighted by molar-refractivity contribution is -0.139. The van der Waals surface area contributed by atoms with Crippen molar-refractivity contribution in [1.82, 2.24) is 4.72 Å². The van der Waals surface area contributed by atoms with Crippen LogP contribution in [0.25, 0.3) is 0 Å². The summed E-state index contributed by atoms with van der Waals surface area (Å²) in [5.41, 5.74) is -0.377. The van der Waals surface area contributed by atoms with Gasteiger partial charge in [-0.3, -0.25) is 4.79 Å². The van der Waals surface area contributed by atoms with Crippen LogP contribution in [-0.4, -0.2) is 25.5 Å². The van der Waals surface area contributed by atoms with Crippen molar-refractivity contribution in [3.8, 4) is 6.07 Å². The van der Waals surface area contributed by atoms with Crippen LogP contribution in [-0.2, 0) is 14.8 Å². The van der Waals surface area contributed by atoms with Crippen LogP contribution in [0, 0.1) is 17.1 Å². The minimum atomic E-state index is -4.21. The molecule has 0 aliphatic carbocycles. The number of nitrogens with zero attached hydrogens (tertiary/aromatic N) is 1. The molecule has 6 nitrogen and oxygen atoms in total. The molecule has 0 spiro atoms. The summed E-state index contributed by atoms with van der Waals surface area (Å²) in [6.45, 7) is 1.71. The van der Waals surface area contributed by atoms with E-state index in [2.05, 4.69) is 0 Å². The Balaban J connectivity index is 3.17. The lowest BCUT2D eigenvalue weighted by Gasteiger charge is -2.14. The fourth-order valence-corrected chi connectivity index (χ4v) is 2.96. The molecule has 0 fully saturated rings. The number of carboxylic acid groups (broad SMARTS) is 1. The topological polar surface area (TPSA) is 107 Å². The van der Waals surface area contributed by atoms with Crippen LogP contribution in [0.5, 0.6) is 0 Å². The number of rotatable bonds is 6. The van der Waals surface area contributed by atoms with Crippen molar-refractivity contribution in [2.45, 2.75) is 30.7 Å². The standard InChI is InChI=1S/C12H13FN2O4S/c1-2-3-10(12(16)17)15-20(18,19)11-5-4-9(13)6-8(11)7-14/h4-6,10,15H,2-3H2,1H3,(H,16,17). The van der Waals surface area contributed by atoms with Crippen LogP contribution in [0.3, 0.4) is 0 Å². The molecule has 20 heavy (non-hydrogen) atoms. The molecule has 1 unspecified atom stereocenters. The molecular weight excluding hydrogens is 287 g/mol. The van der Waals surface area contributed by atoms with Crippen molar-refractivity contribution in [2.75, 3.05) is 0 Å². The Morgan fingerprint density at radius 3 is 2.70 bits per heavy atom. The number of nitrogens with one attached hydrogen (secondary N) is 1. The molecular formula is C12H13FN2O4S. The lowest BCUT2D eigenvalue weighted by Crippen LogP contribution is -2.40. The number of carboxylic acids is 1. The second-order valence-corrected chi connectivity index (χ2v) is 5.74. The summed E-state index contributed by atoms with van der Waals surface area (Å²) >= 11 is 0. The molecule has 0 saturated carbocycles. The molecule has 0 aliphatic heterocycles. The van der Waals surface area contributed by atoms with Crippen molar-refractivity contribution in [1.29, 1.82) is 5.26 Å². The van der Waals surface area contributed by atoms with Gasteiger partial charge >= 0.3 is 5.97 Å². The van der Waals surface area contributed by atoms with E-state index in [1.165, 1.54) is 0 Å². The van der Waals surface area contributed by atoms with Crippen LogP contribution >= 0.6 is 0 Å². The van der Waals surface area contributed by atoms with Gasteiger partial charge in [-0.1, -0.05) is 13.3 Å². The van der Waals surface area contributed by atoms with Crippen molar-refractivity contribution in [3.63, 3.8) is 0 Å². The average molecular weight is 300 g/mol. The first-order chi connectivity index (χ1) is 9.31. The Labute approximate surface area is 115 Å². The molecule has 108 valence electrons. The van der Waals surface area contributed by atoms with Gasteiger partial charge < -0.3 is 5.11 Å². The maximum absolute atomic E-state index is 13.0. The van der Waals surface area contributed by atoms with E-state index >= 15 is 0 Å². The van der Waals surface area contributed by atoms with E-state index in [1.807, 2.05) is 4.72 Å². The number of nitriles is 1. The van der Waals surface area contributed by atoms with E-state index < -0.39 is 32.7 Å². The van der Waals surface area contributed by atoms with Gasteiger partial charge in [-0.2, -0.15) is 9.98 Å². The number of carbonyl (C=O) groups is 1. The molecule has 8 heteroatoms. The molecule has 1 atom stereocenters. The lowest BCUT2D eigenvalue weighted by atomic mass is 10.2. The largest absolute Gasteiger partial charge is 0.480 e. The first-order valence-corrected chi connectivity index (χ1v) is 7.25. The van der Waals surface area contributed by atoms with E-state index in [1.54, 1.807) is 13.0 Å². The number of hydrogen-bond donors (Lipinski definition) is 2. The molecule has 0 aliphatic rings. The maximum atomic E-state index is 13.0. The molecule has 0 aromatic heterocycles. The molecule has 0 heterocycles. The highest BCUT2D eigenvalue weighted by Gasteiger charge is 2.26. The van der Waals surface area contributed by atoms with Gasteiger partial charge in [0.1, 0.15) is 17.9 Å². The monoisotopic (exact) mass is 300 g/mol. The number of halogens is 1. The van der Waals surface area contributed by atoms with Crippen molar-refractivity contribution >= 4 is 16.0 Å². The van der Waals surface area contributed by atoms with Gasteiger partial charge in [-0.05, 0) is 24.6 Å². The normalized spacial score (nSPS) is 12.7.